The molecule has 0 rings (SSSR count). The molecule has 15 heavy (non-hydrogen) atoms. The summed E-state index contributed by atoms with van der Waals surface area (Å²) < 4.78 is 9.61. The van der Waals surface area contributed by atoms with Gasteiger partial charge in [-0.1, -0.05) is 0 Å². The fourth-order valence-corrected chi connectivity index (χ4v) is 1.19. The lowest BCUT2D eigenvalue weighted by Gasteiger charge is -2.22. The molecule has 0 fully saturated rings. The molecular weight excluding hydrogens is 202 g/mol. The highest BCUT2D eigenvalue weighted by Crippen LogP contribution is 1.94. The zero-order chi connectivity index (χ0) is 11.7. The molecule has 0 radical (unpaired) electrons. The molecular formula is C9H19NO5. The van der Waals surface area contributed by atoms with Crippen molar-refractivity contribution in [2.45, 2.75) is 6.10 Å². The number of aliphatic hydroxyl groups is 1. The van der Waals surface area contributed by atoms with Gasteiger partial charge in [-0.2, -0.15) is 0 Å². The summed E-state index contributed by atoms with van der Waals surface area (Å²) >= 11 is 0. The van der Waals surface area contributed by atoms with Crippen LogP contribution >= 0.6 is 0 Å². The zero-order valence-electron chi connectivity index (χ0n) is 9.18. The zero-order valence-corrected chi connectivity index (χ0v) is 9.18. The standard InChI is InChI=1S/C9H19NO5/c1-14-4-3-10(6-9(12)13)5-8(11)7-15-2/h8,11H,3-7H2,1-2H3,(H,12,13). The summed E-state index contributed by atoms with van der Waals surface area (Å²) in [4.78, 5) is 12.1. The first-order valence-electron chi connectivity index (χ1n) is 4.70. The Kier molecular flexibility index (Phi) is 8.21. The number of aliphatic hydroxyl groups excluding tert-OH is 1. The monoisotopic (exact) mass is 221 g/mol. The number of aliphatic carboxylic acids is 1. The van der Waals surface area contributed by atoms with Crippen LogP contribution in [-0.4, -0.2) is 74.3 Å². The Hall–Kier alpha value is -0.690. The minimum atomic E-state index is -0.921. The molecule has 0 saturated heterocycles. The third-order valence-corrected chi connectivity index (χ3v) is 1.80. The Labute approximate surface area is 89.4 Å². The van der Waals surface area contributed by atoms with Gasteiger partial charge in [0.1, 0.15) is 0 Å². The number of hydrogen-bond donors (Lipinski definition) is 2. The van der Waals surface area contributed by atoms with Crippen molar-refractivity contribution in [2.24, 2.45) is 0 Å². The van der Waals surface area contributed by atoms with Gasteiger partial charge in [-0.25, -0.2) is 0 Å². The van der Waals surface area contributed by atoms with E-state index >= 15 is 0 Å². The minimum Gasteiger partial charge on any atom is -0.480 e. The summed E-state index contributed by atoms with van der Waals surface area (Å²) in [5, 5.41) is 18.1. The fraction of sp³-hybridized carbons (Fsp3) is 0.889. The van der Waals surface area contributed by atoms with Crippen molar-refractivity contribution in [1.29, 1.82) is 0 Å². The van der Waals surface area contributed by atoms with Gasteiger partial charge in [-0.15, -0.1) is 0 Å². The highest BCUT2D eigenvalue weighted by atomic mass is 16.5. The fourth-order valence-electron chi connectivity index (χ4n) is 1.19. The Morgan fingerprint density at radius 1 is 1.40 bits per heavy atom. The van der Waals surface area contributed by atoms with E-state index in [4.69, 9.17) is 14.6 Å². The molecule has 1 atom stereocenters. The first-order valence-corrected chi connectivity index (χ1v) is 4.70. The van der Waals surface area contributed by atoms with Crippen LogP contribution in [0.5, 0.6) is 0 Å². The third kappa shape index (κ3) is 8.31. The summed E-state index contributed by atoms with van der Waals surface area (Å²) in [5.41, 5.74) is 0. The van der Waals surface area contributed by atoms with Crippen LogP contribution < -0.4 is 0 Å². The average molecular weight is 221 g/mol. The van der Waals surface area contributed by atoms with Gasteiger partial charge in [-0.05, 0) is 0 Å². The largest absolute Gasteiger partial charge is 0.480 e. The topological polar surface area (TPSA) is 79.2 Å². The van der Waals surface area contributed by atoms with Crippen molar-refractivity contribution in [3.05, 3.63) is 0 Å². The second kappa shape index (κ2) is 8.60. The molecule has 0 aromatic carbocycles. The second-order valence-corrected chi connectivity index (χ2v) is 3.23. The van der Waals surface area contributed by atoms with Gasteiger partial charge in [0.2, 0.25) is 0 Å². The Morgan fingerprint density at radius 2 is 2.07 bits per heavy atom. The van der Waals surface area contributed by atoms with E-state index in [1.54, 1.807) is 12.0 Å². The SMILES string of the molecule is COCCN(CC(=O)O)CC(O)COC. The van der Waals surface area contributed by atoms with Crippen LogP contribution in [0.15, 0.2) is 0 Å². The summed E-state index contributed by atoms with van der Waals surface area (Å²) in [6, 6.07) is 0. The molecule has 0 aromatic rings. The Bertz CT molecular complexity index is 176. The highest BCUT2D eigenvalue weighted by Gasteiger charge is 2.14. The molecule has 0 amide bonds. The van der Waals surface area contributed by atoms with Gasteiger partial charge in [0.05, 0.1) is 25.9 Å². The number of carboxylic acid groups (broad SMARTS) is 1. The normalized spacial score (nSPS) is 13.1. The molecule has 6 nitrogen and oxygen atoms in total. The quantitative estimate of drug-likeness (QED) is 0.521. The molecule has 0 saturated carbocycles. The van der Waals surface area contributed by atoms with Gasteiger partial charge in [0.15, 0.2) is 0 Å². The van der Waals surface area contributed by atoms with E-state index in [9.17, 15) is 9.90 Å². The summed E-state index contributed by atoms with van der Waals surface area (Å²) in [6.07, 6.45) is -0.675. The van der Waals surface area contributed by atoms with E-state index in [0.29, 0.717) is 13.2 Å². The van der Waals surface area contributed by atoms with E-state index in [1.807, 2.05) is 0 Å². The maximum absolute atomic E-state index is 10.5. The van der Waals surface area contributed by atoms with Crippen LogP contribution in [-0.2, 0) is 14.3 Å². The molecule has 0 heterocycles. The van der Waals surface area contributed by atoms with E-state index < -0.39 is 12.1 Å². The number of ether oxygens (including phenoxy) is 2. The molecule has 0 aliphatic rings. The molecule has 0 aliphatic heterocycles. The predicted octanol–water partition coefficient (Wildman–Crippen LogP) is -0.973. The lowest BCUT2D eigenvalue weighted by Crippen LogP contribution is -2.39. The minimum absolute atomic E-state index is 0.107. The van der Waals surface area contributed by atoms with E-state index in [-0.39, 0.29) is 19.7 Å². The van der Waals surface area contributed by atoms with Gasteiger partial charge in [0.25, 0.3) is 0 Å². The molecule has 0 aromatic heterocycles. The van der Waals surface area contributed by atoms with Gasteiger partial charge >= 0.3 is 5.97 Å². The summed E-state index contributed by atoms with van der Waals surface area (Å²) in [7, 11) is 3.03. The van der Waals surface area contributed by atoms with Gasteiger partial charge in [0, 0.05) is 27.3 Å². The second-order valence-electron chi connectivity index (χ2n) is 3.23. The average Bonchev–Trinajstić information content (AvgIpc) is 2.13. The van der Waals surface area contributed by atoms with Crippen LogP contribution in [0.1, 0.15) is 0 Å². The molecule has 90 valence electrons. The first-order chi connectivity index (χ1) is 7.10. The molecule has 0 spiro atoms. The van der Waals surface area contributed by atoms with Crippen molar-refractivity contribution in [3.63, 3.8) is 0 Å². The Balaban J connectivity index is 3.92. The summed E-state index contributed by atoms with van der Waals surface area (Å²) in [6.45, 7) is 1.27. The van der Waals surface area contributed by atoms with Gasteiger partial charge < -0.3 is 19.7 Å². The van der Waals surface area contributed by atoms with Crippen LogP contribution in [0.4, 0.5) is 0 Å². The van der Waals surface area contributed by atoms with Crippen LogP contribution in [0.3, 0.4) is 0 Å². The maximum Gasteiger partial charge on any atom is 0.317 e. The summed E-state index contributed by atoms with van der Waals surface area (Å²) in [5.74, 6) is -0.921. The third-order valence-electron chi connectivity index (χ3n) is 1.80. The van der Waals surface area contributed by atoms with E-state index in [2.05, 4.69) is 0 Å². The smallest absolute Gasteiger partial charge is 0.317 e. The number of rotatable bonds is 9. The lowest BCUT2D eigenvalue weighted by atomic mass is 10.3. The molecule has 0 bridgehead atoms. The lowest BCUT2D eigenvalue weighted by molar-refractivity contribution is -0.138. The van der Waals surface area contributed by atoms with Crippen molar-refractivity contribution in [3.8, 4) is 0 Å². The molecule has 2 N–H and O–H groups in total. The van der Waals surface area contributed by atoms with Crippen LogP contribution in [0.25, 0.3) is 0 Å². The van der Waals surface area contributed by atoms with Crippen molar-refractivity contribution in [2.75, 3.05) is 47.1 Å². The van der Waals surface area contributed by atoms with E-state index in [1.165, 1.54) is 7.11 Å². The van der Waals surface area contributed by atoms with Crippen molar-refractivity contribution < 1.29 is 24.5 Å². The highest BCUT2D eigenvalue weighted by molar-refractivity contribution is 5.69. The van der Waals surface area contributed by atoms with E-state index in [0.717, 1.165) is 0 Å². The first kappa shape index (κ1) is 14.3. The molecule has 6 heteroatoms. The number of methoxy groups -OCH3 is 2. The van der Waals surface area contributed by atoms with Gasteiger partial charge in [-0.3, -0.25) is 9.69 Å². The molecule has 1 unspecified atom stereocenters. The number of carboxylic acids is 1. The molecule has 0 aliphatic carbocycles. The van der Waals surface area contributed by atoms with Crippen LogP contribution in [0.2, 0.25) is 0 Å². The maximum atomic E-state index is 10.5. The van der Waals surface area contributed by atoms with Crippen molar-refractivity contribution >= 4 is 5.97 Å². The Morgan fingerprint density at radius 3 is 2.53 bits per heavy atom. The number of hydrogen-bond acceptors (Lipinski definition) is 5. The number of nitrogens with zero attached hydrogens (tertiary/aromatic N) is 1. The number of carbonyl (C=O) groups is 1. The predicted molar refractivity (Wildman–Crippen MR) is 53.8 cm³/mol. The van der Waals surface area contributed by atoms with Crippen LogP contribution in [0, 0.1) is 0 Å². The van der Waals surface area contributed by atoms with Crippen molar-refractivity contribution in [1.82, 2.24) is 4.90 Å².